The first kappa shape index (κ1) is 24.2. The van der Waals surface area contributed by atoms with Gasteiger partial charge in [0.15, 0.2) is 0 Å². The molecule has 0 radical (unpaired) electrons. The Balaban J connectivity index is 1.68. The van der Waals surface area contributed by atoms with Gasteiger partial charge in [0.1, 0.15) is 18.1 Å². The van der Waals surface area contributed by atoms with Gasteiger partial charge in [-0.3, -0.25) is 4.79 Å². The summed E-state index contributed by atoms with van der Waals surface area (Å²) in [6.45, 7) is 4.47. The number of esters is 1. The average Bonchev–Trinajstić information content (AvgIpc) is 3.48. The minimum absolute atomic E-state index is 0.229. The number of urea groups is 1. The number of benzene rings is 2. The third-order valence-electron chi connectivity index (χ3n) is 6.44. The summed E-state index contributed by atoms with van der Waals surface area (Å²) in [6, 6.07) is 20.8. The summed E-state index contributed by atoms with van der Waals surface area (Å²) in [5.41, 5.74) is 4.43. The number of carbonyl (C=O) groups is 2. The number of amides is 2. The molecule has 2 aromatic carbocycles. The van der Waals surface area contributed by atoms with Gasteiger partial charge in [0.25, 0.3) is 0 Å². The molecule has 9 nitrogen and oxygen atoms in total. The molecule has 1 atom stereocenters. The molecule has 2 amide bonds. The van der Waals surface area contributed by atoms with Gasteiger partial charge in [-0.05, 0) is 55.8 Å². The first-order valence-corrected chi connectivity index (χ1v) is 12.2. The Labute approximate surface area is 215 Å². The van der Waals surface area contributed by atoms with Gasteiger partial charge in [0.2, 0.25) is 0 Å². The van der Waals surface area contributed by atoms with Crippen molar-refractivity contribution in [2.45, 2.75) is 26.4 Å². The van der Waals surface area contributed by atoms with E-state index in [0.29, 0.717) is 6.61 Å². The van der Waals surface area contributed by atoms with Crippen LogP contribution in [-0.2, 0) is 16.1 Å². The Kier molecular flexibility index (Phi) is 6.68. The standard InChI is InChI=1S/C28H29N5O4/c1-4-37-22-13-8-10-20(16-22)26-24-14-9-15-31(24)27-23(18-32(26)28(35)29-17-25(34)36-3)19(2)30-33(27)21-11-6-5-7-12-21/h5-16,26H,4,17-18H2,1-3H3,(H,29,35). The minimum Gasteiger partial charge on any atom is -0.494 e. The maximum absolute atomic E-state index is 13.6. The number of fused-ring (bicyclic) bond motifs is 3. The van der Waals surface area contributed by atoms with Crippen LogP contribution in [0, 0.1) is 6.92 Å². The van der Waals surface area contributed by atoms with Gasteiger partial charge in [-0.25, -0.2) is 9.48 Å². The summed E-state index contributed by atoms with van der Waals surface area (Å²) < 4.78 is 14.5. The summed E-state index contributed by atoms with van der Waals surface area (Å²) in [6.07, 6.45) is 1.99. The number of rotatable bonds is 6. The van der Waals surface area contributed by atoms with Crippen LogP contribution >= 0.6 is 0 Å². The Morgan fingerprint density at radius 2 is 1.89 bits per heavy atom. The molecule has 4 aromatic rings. The van der Waals surface area contributed by atoms with Gasteiger partial charge < -0.3 is 24.3 Å². The zero-order valence-electron chi connectivity index (χ0n) is 21.0. The lowest BCUT2D eigenvalue weighted by molar-refractivity contribution is -0.139. The Morgan fingerprint density at radius 1 is 1.08 bits per heavy atom. The van der Waals surface area contributed by atoms with Crippen LogP contribution < -0.4 is 10.1 Å². The predicted molar refractivity (Wildman–Crippen MR) is 138 cm³/mol. The lowest BCUT2D eigenvalue weighted by Crippen LogP contribution is -2.44. The predicted octanol–water partition coefficient (Wildman–Crippen LogP) is 4.16. The molecule has 37 heavy (non-hydrogen) atoms. The molecule has 5 rings (SSSR count). The third kappa shape index (κ3) is 4.55. The normalized spacial score (nSPS) is 14.4. The summed E-state index contributed by atoms with van der Waals surface area (Å²) in [5.74, 6) is 1.08. The van der Waals surface area contributed by atoms with Crippen LogP contribution in [0.2, 0.25) is 0 Å². The second kappa shape index (κ2) is 10.2. The maximum Gasteiger partial charge on any atom is 0.325 e. The highest BCUT2D eigenvalue weighted by Gasteiger charge is 2.36. The van der Waals surface area contributed by atoms with Crippen molar-refractivity contribution in [3.05, 3.63) is 95.4 Å². The van der Waals surface area contributed by atoms with Crippen molar-refractivity contribution in [1.29, 1.82) is 0 Å². The Morgan fingerprint density at radius 3 is 2.65 bits per heavy atom. The van der Waals surface area contributed by atoms with Gasteiger partial charge >= 0.3 is 12.0 Å². The fourth-order valence-corrected chi connectivity index (χ4v) is 4.76. The summed E-state index contributed by atoms with van der Waals surface area (Å²) >= 11 is 0. The number of carbonyl (C=O) groups excluding carboxylic acids is 2. The zero-order valence-corrected chi connectivity index (χ0v) is 21.0. The van der Waals surface area contributed by atoms with E-state index in [1.807, 2.05) is 91.5 Å². The van der Waals surface area contributed by atoms with Crippen molar-refractivity contribution in [3.63, 3.8) is 0 Å². The van der Waals surface area contributed by atoms with Crippen molar-refractivity contribution < 1.29 is 19.1 Å². The van der Waals surface area contributed by atoms with E-state index in [-0.39, 0.29) is 19.1 Å². The summed E-state index contributed by atoms with van der Waals surface area (Å²) in [4.78, 5) is 27.2. The molecule has 2 aromatic heterocycles. The van der Waals surface area contributed by atoms with Crippen molar-refractivity contribution in [2.24, 2.45) is 0 Å². The van der Waals surface area contributed by atoms with Crippen molar-refractivity contribution in [1.82, 2.24) is 24.6 Å². The number of ether oxygens (including phenoxy) is 2. The van der Waals surface area contributed by atoms with E-state index in [1.54, 1.807) is 4.90 Å². The van der Waals surface area contributed by atoms with Crippen molar-refractivity contribution >= 4 is 12.0 Å². The molecule has 1 unspecified atom stereocenters. The van der Waals surface area contributed by atoms with Crippen LogP contribution in [0.4, 0.5) is 4.79 Å². The molecule has 1 aliphatic rings. The lowest BCUT2D eigenvalue weighted by atomic mass is 10.0. The molecule has 3 heterocycles. The van der Waals surface area contributed by atoms with E-state index in [4.69, 9.17) is 14.6 Å². The van der Waals surface area contributed by atoms with Gasteiger partial charge in [-0.15, -0.1) is 0 Å². The quantitative estimate of drug-likeness (QED) is 0.403. The molecule has 0 fully saturated rings. The number of methoxy groups -OCH3 is 1. The van der Waals surface area contributed by atoms with Crippen molar-refractivity contribution in [2.75, 3.05) is 20.3 Å². The first-order valence-electron chi connectivity index (χ1n) is 12.2. The van der Waals surface area contributed by atoms with Gasteiger partial charge in [0.05, 0.1) is 43.4 Å². The zero-order chi connectivity index (χ0) is 25.9. The van der Waals surface area contributed by atoms with E-state index in [1.165, 1.54) is 7.11 Å². The lowest BCUT2D eigenvalue weighted by Gasteiger charge is -2.31. The van der Waals surface area contributed by atoms with Crippen LogP contribution in [0.1, 0.15) is 35.5 Å². The molecule has 9 heteroatoms. The fraction of sp³-hybridized carbons (Fsp3) is 0.250. The van der Waals surface area contributed by atoms with E-state index in [2.05, 4.69) is 9.88 Å². The molecule has 0 bridgehead atoms. The number of nitrogens with one attached hydrogen (secondary N) is 1. The van der Waals surface area contributed by atoms with Crippen LogP contribution in [-0.4, -0.2) is 51.5 Å². The van der Waals surface area contributed by atoms with Crippen LogP contribution in [0.15, 0.2) is 72.9 Å². The second-order valence-corrected chi connectivity index (χ2v) is 8.71. The SMILES string of the molecule is CCOc1cccc(C2c3cccn3-c3c(c(C)nn3-c3ccccc3)CN2C(=O)NCC(=O)OC)c1. The monoisotopic (exact) mass is 499 g/mol. The molecular formula is C28H29N5O4. The van der Waals surface area contributed by atoms with Gasteiger partial charge in [0, 0.05) is 11.8 Å². The second-order valence-electron chi connectivity index (χ2n) is 8.71. The number of nitrogens with zero attached hydrogens (tertiary/aromatic N) is 4. The topological polar surface area (TPSA) is 90.6 Å². The molecular weight excluding hydrogens is 470 g/mol. The smallest absolute Gasteiger partial charge is 0.325 e. The van der Waals surface area contributed by atoms with Crippen molar-refractivity contribution in [3.8, 4) is 17.3 Å². The first-order chi connectivity index (χ1) is 18.0. The highest BCUT2D eigenvalue weighted by molar-refractivity contribution is 5.81. The summed E-state index contributed by atoms with van der Waals surface area (Å²) in [7, 11) is 1.29. The number of aromatic nitrogens is 3. The number of hydrogen-bond donors (Lipinski definition) is 1. The molecule has 190 valence electrons. The average molecular weight is 500 g/mol. The molecule has 1 aliphatic heterocycles. The van der Waals surface area contributed by atoms with Gasteiger partial charge in [-0.1, -0.05) is 30.3 Å². The molecule has 0 spiro atoms. The molecule has 0 saturated heterocycles. The third-order valence-corrected chi connectivity index (χ3v) is 6.44. The highest BCUT2D eigenvalue weighted by atomic mass is 16.5. The van der Waals surface area contributed by atoms with E-state index < -0.39 is 12.0 Å². The number of para-hydroxylation sites is 1. The fourth-order valence-electron chi connectivity index (χ4n) is 4.76. The minimum atomic E-state index is -0.518. The molecule has 1 N–H and O–H groups in total. The van der Waals surface area contributed by atoms with Crippen LogP contribution in [0.25, 0.3) is 11.5 Å². The van der Waals surface area contributed by atoms with E-state index in [0.717, 1.165) is 39.8 Å². The summed E-state index contributed by atoms with van der Waals surface area (Å²) in [5, 5.41) is 7.57. The number of hydrogen-bond acceptors (Lipinski definition) is 5. The van der Waals surface area contributed by atoms with Crippen LogP contribution in [0.3, 0.4) is 0 Å². The Bertz CT molecular complexity index is 1430. The molecule has 0 saturated carbocycles. The Hall–Kier alpha value is -4.53. The van der Waals surface area contributed by atoms with Crippen LogP contribution in [0.5, 0.6) is 5.75 Å². The van der Waals surface area contributed by atoms with Gasteiger partial charge in [-0.2, -0.15) is 5.10 Å². The highest BCUT2D eigenvalue weighted by Crippen LogP contribution is 2.39. The van der Waals surface area contributed by atoms with E-state index >= 15 is 0 Å². The number of aryl methyl sites for hydroxylation is 1. The molecule has 0 aliphatic carbocycles. The largest absolute Gasteiger partial charge is 0.494 e. The maximum atomic E-state index is 13.6. The van der Waals surface area contributed by atoms with E-state index in [9.17, 15) is 9.59 Å².